The molecule has 1 aliphatic carbocycles. The highest BCUT2D eigenvalue weighted by Gasteiger charge is 2.26. The van der Waals surface area contributed by atoms with Gasteiger partial charge in [0.15, 0.2) is 5.65 Å². The van der Waals surface area contributed by atoms with Crippen LogP contribution < -0.4 is 4.90 Å². The van der Waals surface area contributed by atoms with Gasteiger partial charge in [-0.05, 0) is 61.2 Å². The predicted molar refractivity (Wildman–Crippen MR) is 155 cm³/mol. The van der Waals surface area contributed by atoms with E-state index in [0.717, 1.165) is 59.0 Å². The van der Waals surface area contributed by atoms with Gasteiger partial charge in [0, 0.05) is 32.6 Å². The van der Waals surface area contributed by atoms with Crippen molar-refractivity contribution in [3.8, 4) is 5.69 Å². The Labute approximate surface area is 239 Å². The minimum absolute atomic E-state index is 0.0459. The van der Waals surface area contributed by atoms with Crippen molar-refractivity contribution in [3.05, 3.63) is 77.2 Å². The largest absolute Gasteiger partial charge is 0.354 e. The Morgan fingerprint density at radius 2 is 1.56 bits per heavy atom. The number of aryl methyl sites for hydroxylation is 1. The average Bonchev–Trinajstić information content (AvgIpc) is 3.14. The van der Waals surface area contributed by atoms with E-state index in [1.165, 1.54) is 56.4 Å². The van der Waals surface area contributed by atoms with Crippen molar-refractivity contribution in [2.75, 3.05) is 31.1 Å². The number of hydrogen-bond acceptors (Lipinski definition) is 5. The number of aromatic nitrogens is 4. The fraction of sp³-hybridized carbons (Fsp3) is 0.438. The van der Waals surface area contributed by atoms with Gasteiger partial charge < -0.3 is 9.80 Å². The minimum atomic E-state index is -0.302. The summed E-state index contributed by atoms with van der Waals surface area (Å²) in [4.78, 5) is 27.5. The van der Waals surface area contributed by atoms with Gasteiger partial charge in [-0.25, -0.2) is 23.4 Å². The van der Waals surface area contributed by atoms with Crippen LogP contribution in [0.3, 0.4) is 0 Å². The third kappa shape index (κ3) is 6.09. The Bertz CT molecular complexity index is 1510. The van der Waals surface area contributed by atoms with Crippen molar-refractivity contribution >= 4 is 22.8 Å². The smallest absolute Gasteiger partial charge is 0.227 e. The van der Waals surface area contributed by atoms with Gasteiger partial charge in [0.2, 0.25) is 5.91 Å². The Morgan fingerprint density at radius 3 is 2.29 bits per heavy atom. The Kier molecular flexibility index (Phi) is 7.94. The first kappa shape index (κ1) is 27.3. The number of anilines is 1. The van der Waals surface area contributed by atoms with E-state index in [9.17, 15) is 13.6 Å². The van der Waals surface area contributed by atoms with Crippen LogP contribution in [0.15, 0.2) is 48.5 Å². The van der Waals surface area contributed by atoms with Crippen molar-refractivity contribution in [2.45, 2.75) is 58.3 Å². The standard InChI is InChI=1S/C32H36F2N6O/c1-22-30-31(39-17-5-16-38(18-19-39)29(41)21-24-8-10-25(33)11-9-24)35-28(20-23-6-3-2-4-7-23)36-32(30)40(37-22)27-14-12-26(34)13-15-27/h8-15,23H,2-7,16-21H2,1H3. The molecule has 2 aromatic heterocycles. The number of fused-ring (bicyclic) bond motifs is 1. The zero-order valence-corrected chi connectivity index (χ0v) is 23.5. The number of nitrogens with zero attached hydrogens (tertiary/aromatic N) is 6. The fourth-order valence-corrected chi connectivity index (χ4v) is 6.20. The Hall–Kier alpha value is -3.88. The lowest BCUT2D eigenvalue weighted by Crippen LogP contribution is -2.36. The molecule has 0 unspecified atom stereocenters. The van der Waals surface area contributed by atoms with Crippen LogP contribution in [0.1, 0.15) is 55.6 Å². The van der Waals surface area contributed by atoms with Crippen LogP contribution in [0.2, 0.25) is 0 Å². The summed E-state index contributed by atoms with van der Waals surface area (Å²) in [6, 6.07) is 12.5. The number of benzene rings is 2. The van der Waals surface area contributed by atoms with E-state index in [-0.39, 0.29) is 24.0 Å². The first-order valence-electron chi connectivity index (χ1n) is 14.7. The maximum Gasteiger partial charge on any atom is 0.227 e. The monoisotopic (exact) mass is 558 g/mol. The van der Waals surface area contributed by atoms with Gasteiger partial charge in [-0.2, -0.15) is 5.10 Å². The molecule has 9 heteroatoms. The summed E-state index contributed by atoms with van der Waals surface area (Å²) in [5.41, 5.74) is 3.12. The lowest BCUT2D eigenvalue weighted by molar-refractivity contribution is -0.130. The number of amides is 1. The molecule has 1 saturated heterocycles. The molecule has 0 spiro atoms. The second-order valence-electron chi connectivity index (χ2n) is 11.4. The minimum Gasteiger partial charge on any atom is -0.354 e. The molecule has 3 heterocycles. The third-order valence-corrected chi connectivity index (χ3v) is 8.41. The molecule has 2 aromatic carbocycles. The third-order valence-electron chi connectivity index (χ3n) is 8.41. The van der Waals surface area contributed by atoms with Gasteiger partial charge in [0.1, 0.15) is 23.3 Å². The molecule has 0 radical (unpaired) electrons. The van der Waals surface area contributed by atoms with Gasteiger partial charge in [-0.15, -0.1) is 0 Å². The van der Waals surface area contributed by atoms with E-state index in [2.05, 4.69) is 4.90 Å². The Morgan fingerprint density at radius 1 is 0.854 bits per heavy atom. The molecule has 2 fully saturated rings. The van der Waals surface area contributed by atoms with Crippen LogP contribution in [0.4, 0.5) is 14.6 Å². The number of carbonyl (C=O) groups excluding carboxylic acids is 1. The second-order valence-corrected chi connectivity index (χ2v) is 11.4. The van der Waals surface area contributed by atoms with E-state index in [0.29, 0.717) is 25.6 Å². The quantitative estimate of drug-likeness (QED) is 0.299. The molecule has 214 valence electrons. The van der Waals surface area contributed by atoms with Gasteiger partial charge in [-0.3, -0.25) is 4.79 Å². The highest BCUT2D eigenvalue weighted by molar-refractivity contribution is 5.91. The van der Waals surface area contributed by atoms with Crippen LogP contribution in [0.5, 0.6) is 0 Å². The van der Waals surface area contributed by atoms with Crippen molar-refractivity contribution in [1.29, 1.82) is 0 Å². The van der Waals surface area contributed by atoms with Crippen molar-refractivity contribution in [3.63, 3.8) is 0 Å². The van der Waals surface area contributed by atoms with Gasteiger partial charge in [0.25, 0.3) is 0 Å². The zero-order valence-electron chi connectivity index (χ0n) is 23.5. The molecule has 4 aromatic rings. The highest BCUT2D eigenvalue weighted by atomic mass is 19.1. The van der Waals surface area contributed by atoms with Gasteiger partial charge in [-0.1, -0.05) is 44.2 Å². The maximum absolute atomic E-state index is 13.7. The van der Waals surface area contributed by atoms with Crippen molar-refractivity contribution < 1.29 is 13.6 Å². The molecular weight excluding hydrogens is 522 g/mol. The summed E-state index contributed by atoms with van der Waals surface area (Å²) in [6.07, 6.45) is 8.08. The topological polar surface area (TPSA) is 67.2 Å². The van der Waals surface area contributed by atoms with Crippen LogP contribution in [-0.2, 0) is 17.6 Å². The van der Waals surface area contributed by atoms with E-state index in [1.54, 1.807) is 28.9 Å². The number of rotatable bonds is 6. The molecule has 0 atom stereocenters. The molecule has 0 N–H and O–H groups in total. The number of halogens is 2. The summed E-state index contributed by atoms with van der Waals surface area (Å²) < 4.78 is 28.8. The first-order chi connectivity index (χ1) is 19.9. The van der Waals surface area contributed by atoms with Crippen LogP contribution in [0, 0.1) is 24.5 Å². The molecule has 0 bridgehead atoms. The number of hydrogen-bond donors (Lipinski definition) is 0. The van der Waals surface area contributed by atoms with Crippen LogP contribution in [-0.4, -0.2) is 56.7 Å². The van der Waals surface area contributed by atoms with E-state index in [4.69, 9.17) is 15.1 Å². The summed E-state index contributed by atoms with van der Waals surface area (Å²) >= 11 is 0. The summed E-state index contributed by atoms with van der Waals surface area (Å²) in [7, 11) is 0. The molecule has 1 saturated carbocycles. The second kappa shape index (κ2) is 11.9. The highest BCUT2D eigenvalue weighted by Crippen LogP contribution is 2.32. The molecule has 1 amide bonds. The molecule has 2 aliphatic rings. The Balaban J connectivity index is 1.30. The van der Waals surface area contributed by atoms with Crippen molar-refractivity contribution in [2.24, 2.45) is 5.92 Å². The van der Waals surface area contributed by atoms with E-state index in [1.807, 2.05) is 11.8 Å². The SMILES string of the molecule is Cc1nn(-c2ccc(F)cc2)c2nc(CC3CCCCC3)nc(N3CCCN(C(=O)Cc4ccc(F)cc4)CC3)c12. The van der Waals surface area contributed by atoms with E-state index < -0.39 is 0 Å². The van der Waals surface area contributed by atoms with Crippen molar-refractivity contribution in [1.82, 2.24) is 24.6 Å². The predicted octanol–water partition coefficient (Wildman–Crippen LogP) is 5.81. The molecule has 1 aliphatic heterocycles. The average molecular weight is 559 g/mol. The van der Waals surface area contributed by atoms with E-state index >= 15 is 0 Å². The lowest BCUT2D eigenvalue weighted by atomic mass is 9.87. The van der Waals surface area contributed by atoms with Gasteiger partial charge in [0.05, 0.1) is 23.2 Å². The van der Waals surface area contributed by atoms with Gasteiger partial charge >= 0.3 is 0 Å². The normalized spacial score (nSPS) is 16.8. The summed E-state index contributed by atoms with van der Waals surface area (Å²) in [5.74, 6) is 1.70. The number of carbonyl (C=O) groups is 1. The molecular formula is C32H36F2N6O. The summed E-state index contributed by atoms with van der Waals surface area (Å²) in [6.45, 7) is 4.61. The molecule has 7 nitrogen and oxygen atoms in total. The van der Waals surface area contributed by atoms with Crippen LogP contribution >= 0.6 is 0 Å². The first-order valence-corrected chi connectivity index (χ1v) is 14.7. The molecule has 41 heavy (non-hydrogen) atoms. The summed E-state index contributed by atoms with van der Waals surface area (Å²) in [5, 5.41) is 5.72. The van der Waals surface area contributed by atoms with Crippen LogP contribution in [0.25, 0.3) is 16.7 Å². The maximum atomic E-state index is 13.7. The zero-order chi connectivity index (χ0) is 28.3. The fourth-order valence-electron chi connectivity index (χ4n) is 6.20. The lowest BCUT2D eigenvalue weighted by Gasteiger charge is -2.25. The molecule has 6 rings (SSSR count).